The summed E-state index contributed by atoms with van der Waals surface area (Å²) in [4.78, 5) is 0. The maximum Gasteiger partial charge on any atom is 0.126 e. The van der Waals surface area contributed by atoms with Crippen LogP contribution >= 0.6 is 11.6 Å². The molecule has 0 bridgehead atoms. The third kappa shape index (κ3) is 3.40. The zero-order chi connectivity index (χ0) is 14.4. The molecule has 0 heterocycles. The van der Waals surface area contributed by atoms with Gasteiger partial charge in [-0.2, -0.15) is 5.26 Å². The van der Waals surface area contributed by atoms with Gasteiger partial charge in [-0.1, -0.05) is 41.9 Å². The average Bonchev–Trinajstić information content (AvgIpc) is 2.46. The van der Waals surface area contributed by atoms with Gasteiger partial charge in [0.2, 0.25) is 0 Å². The smallest absolute Gasteiger partial charge is 0.126 e. The Morgan fingerprint density at radius 2 is 2.05 bits per heavy atom. The number of rotatable bonds is 4. The van der Waals surface area contributed by atoms with Crippen LogP contribution < -0.4 is 4.74 Å². The van der Waals surface area contributed by atoms with Crippen LogP contribution in [0.1, 0.15) is 18.1 Å². The molecule has 0 N–H and O–H groups in total. The predicted molar refractivity (Wildman–Crippen MR) is 82.5 cm³/mol. The summed E-state index contributed by atoms with van der Waals surface area (Å²) in [5.74, 6) is 0.768. The quantitative estimate of drug-likeness (QED) is 0.596. The fourth-order valence-electron chi connectivity index (χ4n) is 1.88. The molecule has 20 heavy (non-hydrogen) atoms. The van der Waals surface area contributed by atoms with Crippen molar-refractivity contribution in [3.05, 3.63) is 64.7 Å². The van der Waals surface area contributed by atoms with Crippen LogP contribution in [0.2, 0.25) is 5.02 Å². The highest BCUT2D eigenvalue weighted by atomic mass is 35.5. The van der Waals surface area contributed by atoms with Gasteiger partial charge in [-0.25, -0.2) is 0 Å². The number of hydrogen-bond donors (Lipinski definition) is 0. The zero-order valence-corrected chi connectivity index (χ0v) is 11.9. The van der Waals surface area contributed by atoms with Gasteiger partial charge in [-0.15, -0.1) is 0 Å². The van der Waals surface area contributed by atoms with Crippen molar-refractivity contribution in [1.29, 1.82) is 5.26 Å². The number of allylic oxidation sites excluding steroid dienone is 1. The van der Waals surface area contributed by atoms with E-state index in [2.05, 4.69) is 6.07 Å². The monoisotopic (exact) mass is 283 g/mol. The maximum atomic E-state index is 9.35. The van der Waals surface area contributed by atoms with Crippen molar-refractivity contribution >= 4 is 23.3 Å². The third-order valence-corrected chi connectivity index (χ3v) is 3.01. The lowest BCUT2D eigenvalue weighted by atomic mass is 10.0. The van der Waals surface area contributed by atoms with Gasteiger partial charge in [-0.3, -0.25) is 0 Å². The first-order chi connectivity index (χ1) is 9.74. The zero-order valence-electron chi connectivity index (χ0n) is 11.1. The second-order valence-corrected chi connectivity index (χ2v) is 4.59. The Balaban J connectivity index is 2.44. The van der Waals surface area contributed by atoms with E-state index < -0.39 is 0 Å². The van der Waals surface area contributed by atoms with Crippen molar-refractivity contribution in [3.8, 4) is 11.8 Å². The number of ether oxygens (including phenoxy) is 1. The molecule has 2 rings (SSSR count). The molecule has 0 aromatic heterocycles. The molecule has 100 valence electrons. The largest absolute Gasteiger partial charge is 0.493 e. The average molecular weight is 284 g/mol. The molecule has 0 amide bonds. The highest BCUT2D eigenvalue weighted by Gasteiger charge is 2.05. The van der Waals surface area contributed by atoms with E-state index >= 15 is 0 Å². The first-order valence-corrected chi connectivity index (χ1v) is 6.72. The lowest BCUT2D eigenvalue weighted by Crippen LogP contribution is -1.93. The summed E-state index contributed by atoms with van der Waals surface area (Å²) in [6.07, 6.45) is 1.82. The van der Waals surface area contributed by atoms with Gasteiger partial charge in [0.15, 0.2) is 0 Å². The van der Waals surface area contributed by atoms with Crippen LogP contribution in [-0.2, 0) is 0 Å². The second kappa shape index (κ2) is 6.79. The topological polar surface area (TPSA) is 33.0 Å². The van der Waals surface area contributed by atoms with E-state index in [0.29, 0.717) is 17.2 Å². The number of para-hydroxylation sites is 1. The molecule has 0 aliphatic heterocycles. The molecule has 0 atom stereocenters. The summed E-state index contributed by atoms with van der Waals surface area (Å²) in [7, 11) is 0. The number of halogens is 1. The summed E-state index contributed by atoms with van der Waals surface area (Å²) in [5, 5.41) is 9.96. The first-order valence-electron chi connectivity index (χ1n) is 6.34. The number of hydrogen-bond acceptors (Lipinski definition) is 2. The van der Waals surface area contributed by atoms with E-state index in [1.807, 2.05) is 49.4 Å². The van der Waals surface area contributed by atoms with Crippen molar-refractivity contribution in [1.82, 2.24) is 0 Å². The first kappa shape index (κ1) is 14.2. The van der Waals surface area contributed by atoms with Crippen molar-refractivity contribution in [2.45, 2.75) is 6.92 Å². The Hall–Kier alpha value is -2.24. The molecule has 0 radical (unpaired) electrons. The molecular formula is C17H14ClNO. The van der Waals surface area contributed by atoms with Crippen LogP contribution in [0.5, 0.6) is 5.75 Å². The molecule has 0 saturated carbocycles. The Kier molecular flexibility index (Phi) is 4.81. The van der Waals surface area contributed by atoms with E-state index in [4.69, 9.17) is 16.3 Å². The van der Waals surface area contributed by atoms with Crippen LogP contribution in [-0.4, -0.2) is 6.61 Å². The van der Waals surface area contributed by atoms with Crippen molar-refractivity contribution in [3.63, 3.8) is 0 Å². The molecule has 2 nitrogen and oxygen atoms in total. The second-order valence-electron chi connectivity index (χ2n) is 4.15. The van der Waals surface area contributed by atoms with Crippen molar-refractivity contribution < 1.29 is 4.74 Å². The summed E-state index contributed by atoms with van der Waals surface area (Å²) < 4.78 is 5.56. The molecule has 0 saturated heterocycles. The number of nitriles is 1. The van der Waals surface area contributed by atoms with Gasteiger partial charge in [0, 0.05) is 10.6 Å². The Morgan fingerprint density at radius 3 is 2.75 bits per heavy atom. The Labute approximate surface area is 123 Å². The van der Waals surface area contributed by atoms with Crippen molar-refractivity contribution in [2.24, 2.45) is 0 Å². The fourth-order valence-corrected chi connectivity index (χ4v) is 2.07. The van der Waals surface area contributed by atoms with E-state index in [9.17, 15) is 5.26 Å². The number of nitrogens with zero attached hydrogens (tertiary/aromatic N) is 1. The lowest BCUT2D eigenvalue weighted by Gasteiger charge is -2.07. The van der Waals surface area contributed by atoms with Crippen LogP contribution in [0.15, 0.2) is 48.5 Å². The maximum absolute atomic E-state index is 9.35. The lowest BCUT2D eigenvalue weighted by molar-refractivity contribution is 0.339. The summed E-state index contributed by atoms with van der Waals surface area (Å²) in [5.41, 5.74) is 2.23. The third-order valence-electron chi connectivity index (χ3n) is 2.77. The van der Waals surface area contributed by atoms with E-state index in [1.54, 1.807) is 12.1 Å². The molecule has 0 aliphatic rings. The molecule has 3 heteroatoms. The Morgan fingerprint density at radius 1 is 1.25 bits per heavy atom. The fraction of sp³-hybridized carbons (Fsp3) is 0.118. The van der Waals surface area contributed by atoms with E-state index in [-0.39, 0.29) is 0 Å². The predicted octanol–water partition coefficient (Wildman–Crippen LogP) is 4.80. The molecule has 2 aromatic rings. The van der Waals surface area contributed by atoms with Crippen LogP contribution in [0, 0.1) is 11.3 Å². The highest BCUT2D eigenvalue weighted by molar-refractivity contribution is 6.30. The van der Waals surface area contributed by atoms with Gasteiger partial charge < -0.3 is 4.74 Å². The van der Waals surface area contributed by atoms with Crippen LogP contribution in [0.4, 0.5) is 0 Å². The minimum atomic E-state index is 0.555. The summed E-state index contributed by atoms with van der Waals surface area (Å²) in [6, 6.07) is 17.1. The van der Waals surface area contributed by atoms with Crippen LogP contribution in [0.25, 0.3) is 11.6 Å². The normalized spacial score (nSPS) is 10.9. The molecule has 0 spiro atoms. The van der Waals surface area contributed by atoms with Gasteiger partial charge >= 0.3 is 0 Å². The van der Waals surface area contributed by atoms with Gasteiger partial charge in [0.25, 0.3) is 0 Å². The van der Waals surface area contributed by atoms with Crippen molar-refractivity contribution in [2.75, 3.05) is 6.61 Å². The summed E-state index contributed by atoms with van der Waals surface area (Å²) in [6.45, 7) is 2.52. The van der Waals surface area contributed by atoms with Gasteiger partial charge in [0.1, 0.15) is 5.75 Å². The standard InChI is InChI=1S/C17H14ClNO/c1-2-20-17-9-4-3-6-14(17)10-15(12-19)13-7-5-8-16(18)11-13/h3-11H,2H2,1H3. The van der Waals surface area contributed by atoms with Gasteiger partial charge in [-0.05, 0) is 36.8 Å². The number of benzene rings is 2. The highest BCUT2D eigenvalue weighted by Crippen LogP contribution is 2.25. The minimum absolute atomic E-state index is 0.555. The Bertz CT molecular complexity index is 671. The molecule has 2 aromatic carbocycles. The van der Waals surface area contributed by atoms with Gasteiger partial charge in [0.05, 0.1) is 18.2 Å². The SMILES string of the molecule is CCOc1ccccc1C=C(C#N)c1cccc(Cl)c1. The van der Waals surface area contributed by atoms with Crippen LogP contribution in [0.3, 0.4) is 0 Å². The van der Waals surface area contributed by atoms with E-state index in [1.165, 1.54) is 0 Å². The van der Waals surface area contributed by atoms with E-state index in [0.717, 1.165) is 16.9 Å². The molecule has 0 fully saturated rings. The molecule has 0 unspecified atom stereocenters. The molecular weight excluding hydrogens is 270 g/mol. The summed E-state index contributed by atoms with van der Waals surface area (Å²) >= 11 is 5.97. The molecule has 0 aliphatic carbocycles. The minimum Gasteiger partial charge on any atom is -0.493 e.